The summed E-state index contributed by atoms with van der Waals surface area (Å²) < 4.78 is 5.92. The van der Waals surface area contributed by atoms with E-state index in [1.165, 1.54) is 5.56 Å². The summed E-state index contributed by atoms with van der Waals surface area (Å²) in [5, 5.41) is 18.4. The fourth-order valence-corrected chi connectivity index (χ4v) is 2.24. The van der Waals surface area contributed by atoms with Crippen LogP contribution in [0, 0.1) is 0 Å². The predicted molar refractivity (Wildman–Crippen MR) is 85.7 cm³/mol. The van der Waals surface area contributed by atoms with Gasteiger partial charge < -0.3 is 14.8 Å². The van der Waals surface area contributed by atoms with Crippen molar-refractivity contribution in [1.29, 1.82) is 0 Å². The molecule has 0 aromatic heterocycles. The molecule has 0 bridgehead atoms. The van der Waals surface area contributed by atoms with Gasteiger partial charge in [0.15, 0.2) is 0 Å². The molecule has 0 spiro atoms. The number of rotatable bonds is 6. The van der Waals surface area contributed by atoms with Gasteiger partial charge in [-0.2, -0.15) is 0 Å². The highest BCUT2D eigenvalue weighted by Crippen LogP contribution is 2.28. The summed E-state index contributed by atoms with van der Waals surface area (Å²) in [6.45, 7) is 4.76. The Morgan fingerprint density at radius 2 is 1.86 bits per heavy atom. The van der Waals surface area contributed by atoms with Gasteiger partial charge in [-0.05, 0) is 35.0 Å². The SMILES string of the molecule is CCC(C)c1ccccc1OCc1cccc(B(O)O)c1. The summed E-state index contributed by atoms with van der Waals surface area (Å²) in [7, 11) is -1.45. The third-order valence-corrected chi connectivity index (χ3v) is 3.71. The molecule has 0 aliphatic carbocycles. The molecule has 0 fully saturated rings. The average molecular weight is 284 g/mol. The molecule has 2 N–H and O–H groups in total. The van der Waals surface area contributed by atoms with Crippen LogP contribution in [0.25, 0.3) is 0 Å². The third-order valence-electron chi connectivity index (χ3n) is 3.71. The van der Waals surface area contributed by atoms with Gasteiger partial charge in [-0.3, -0.25) is 0 Å². The molecule has 2 aromatic carbocycles. The molecular weight excluding hydrogens is 263 g/mol. The second-order valence-electron chi connectivity index (χ2n) is 5.25. The van der Waals surface area contributed by atoms with Crippen molar-refractivity contribution in [2.45, 2.75) is 32.8 Å². The van der Waals surface area contributed by atoms with Gasteiger partial charge in [0.05, 0.1) is 0 Å². The molecule has 1 atom stereocenters. The van der Waals surface area contributed by atoms with Crippen LogP contribution >= 0.6 is 0 Å². The largest absolute Gasteiger partial charge is 0.489 e. The van der Waals surface area contributed by atoms with Gasteiger partial charge >= 0.3 is 7.12 Å². The van der Waals surface area contributed by atoms with E-state index < -0.39 is 7.12 Å². The Labute approximate surface area is 126 Å². The Bertz CT molecular complexity index is 584. The zero-order valence-electron chi connectivity index (χ0n) is 12.5. The van der Waals surface area contributed by atoms with Crippen LogP contribution in [0.15, 0.2) is 48.5 Å². The van der Waals surface area contributed by atoms with E-state index in [2.05, 4.69) is 19.9 Å². The summed E-state index contributed by atoms with van der Waals surface area (Å²) >= 11 is 0. The summed E-state index contributed by atoms with van der Waals surface area (Å²) in [6, 6.07) is 15.2. The summed E-state index contributed by atoms with van der Waals surface area (Å²) in [6.07, 6.45) is 1.06. The zero-order valence-corrected chi connectivity index (χ0v) is 12.5. The smallest absolute Gasteiger partial charge is 0.488 e. The van der Waals surface area contributed by atoms with Crippen molar-refractivity contribution in [2.75, 3.05) is 0 Å². The van der Waals surface area contributed by atoms with E-state index in [1.54, 1.807) is 18.2 Å². The minimum Gasteiger partial charge on any atom is -0.489 e. The fraction of sp³-hybridized carbons (Fsp3) is 0.294. The minimum atomic E-state index is -1.45. The van der Waals surface area contributed by atoms with Crippen molar-refractivity contribution < 1.29 is 14.8 Å². The van der Waals surface area contributed by atoms with Crippen molar-refractivity contribution in [3.63, 3.8) is 0 Å². The molecule has 0 saturated carbocycles. The molecule has 0 aliphatic rings. The molecule has 21 heavy (non-hydrogen) atoms. The highest BCUT2D eigenvalue weighted by Gasteiger charge is 2.12. The molecule has 0 aliphatic heterocycles. The van der Waals surface area contributed by atoms with Crippen molar-refractivity contribution in [3.05, 3.63) is 59.7 Å². The molecule has 2 rings (SSSR count). The van der Waals surface area contributed by atoms with Crippen molar-refractivity contribution >= 4 is 12.6 Å². The second-order valence-corrected chi connectivity index (χ2v) is 5.25. The topological polar surface area (TPSA) is 49.7 Å². The average Bonchev–Trinajstić information content (AvgIpc) is 2.52. The van der Waals surface area contributed by atoms with Crippen LogP contribution in [0.3, 0.4) is 0 Å². The quantitative estimate of drug-likeness (QED) is 0.801. The first-order valence-electron chi connectivity index (χ1n) is 7.28. The van der Waals surface area contributed by atoms with Crippen molar-refractivity contribution in [3.8, 4) is 5.75 Å². The lowest BCUT2D eigenvalue weighted by molar-refractivity contribution is 0.301. The van der Waals surface area contributed by atoms with Gasteiger partial charge in [0.1, 0.15) is 12.4 Å². The van der Waals surface area contributed by atoms with Gasteiger partial charge in [-0.1, -0.05) is 56.3 Å². The zero-order chi connectivity index (χ0) is 15.2. The molecule has 2 aromatic rings. The first-order chi connectivity index (χ1) is 10.1. The number of para-hydroxylation sites is 1. The van der Waals surface area contributed by atoms with Gasteiger partial charge in [-0.15, -0.1) is 0 Å². The fourth-order valence-electron chi connectivity index (χ4n) is 2.24. The number of benzene rings is 2. The number of hydrogen-bond donors (Lipinski definition) is 2. The molecule has 1 unspecified atom stereocenters. The molecule has 0 radical (unpaired) electrons. The van der Waals surface area contributed by atoms with Gasteiger partial charge in [0, 0.05) is 0 Å². The van der Waals surface area contributed by atoms with Crippen molar-refractivity contribution in [1.82, 2.24) is 0 Å². The normalized spacial score (nSPS) is 12.0. The Morgan fingerprint density at radius 1 is 1.10 bits per heavy atom. The van der Waals surface area contributed by atoms with Gasteiger partial charge in [0.2, 0.25) is 0 Å². The molecule has 0 amide bonds. The number of ether oxygens (including phenoxy) is 1. The first-order valence-corrected chi connectivity index (χ1v) is 7.28. The van der Waals surface area contributed by atoms with Crippen LogP contribution in [-0.4, -0.2) is 17.2 Å². The summed E-state index contributed by atoms with van der Waals surface area (Å²) in [5.41, 5.74) is 2.60. The predicted octanol–water partition coefficient (Wildman–Crippen LogP) is 2.46. The lowest BCUT2D eigenvalue weighted by atomic mass is 9.80. The lowest BCUT2D eigenvalue weighted by Crippen LogP contribution is -2.29. The minimum absolute atomic E-state index is 0.411. The molecule has 0 heterocycles. The molecular formula is C17H21BO3. The van der Waals surface area contributed by atoms with E-state index in [0.29, 0.717) is 18.0 Å². The van der Waals surface area contributed by atoms with Crippen LogP contribution < -0.4 is 10.2 Å². The van der Waals surface area contributed by atoms with Crippen LogP contribution in [0.2, 0.25) is 0 Å². The summed E-state index contributed by atoms with van der Waals surface area (Å²) in [5.74, 6) is 1.34. The van der Waals surface area contributed by atoms with E-state index in [1.807, 2.05) is 24.3 Å². The Morgan fingerprint density at radius 3 is 2.57 bits per heavy atom. The maximum absolute atomic E-state index is 9.20. The monoisotopic (exact) mass is 284 g/mol. The van der Waals surface area contributed by atoms with Crippen LogP contribution in [0.4, 0.5) is 0 Å². The van der Waals surface area contributed by atoms with Crippen molar-refractivity contribution in [2.24, 2.45) is 0 Å². The lowest BCUT2D eigenvalue weighted by Gasteiger charge is -2.16. The van der Waals surface area contributed by atoms with E-state index >= 15 is 0 Å². The van der Waals surface area contributed by atoms with E-state index in [4.69, 9.17) is 4.74 Å². The number of hydrogen-bond acceptors (Lipinski definition) is 3. The maximum Gasteiger partial charge on any atom is 0.488 e. The van der Waals surface area contributed by atoms with Crippen LogP contribution in [-0.2, 0) is 6.61 Å². The first kappa shape index (κ1) is 15.6. The van der Waals surface area contributed by atoms with E-state index in [9.17, 15) is 10.0 Å². The Hall–Kier alpha value is -1.78. The van der Waals surface area contributed by atoms with Gasteiger partial charge in [0.25, 0.3) is 0 Å². The Balaban J connectivity index is 2.11. The highest BCUT2D eigenvalue weighted by molar-refractivity contribution is 6.58. The van der Waals surface area contributed by atoms with E-state index in [-0.39, 0.29) is 0 Å². The highest BCUT2D eigenvalue weighted by atomic mass is 16.5. The second kappa shape index (κ2) is 7.30. The molecule has 110 valence electrons. The third kappa shape index (κ3) is 4.10. The molecule has 3 nitrogen and oxygen atoms in total. The summed E-state index contributed by atoms with van der Waals surface area (Å²) in [4.78, 5) is 0. The van der Waals surface area contributed by atoms with Gasteiger partial charge in [-0.25, -0.2) is 0 Å². The van der Waals surface area contributed by atoms with Crippen LogP contribution in [0.1, 0.15) is 37.3 Å². The molecule has 0 saturated heterocycles. The van der Waals surface area contributed by atoms with E-state index in [0.717, 1.165) is 17.7 Å². The Kier molecular flexibility index (Phi) is 5.42. The molecule has 4 heteroatoms. The maximum atomic E-state index is 9.20. The van der Waals surface area contributed by atoms with Crippen LogP contribution in [0.5, 0.6) is 5.75 Å². The standard InChI is InChI=1S/C17H21BO3/c1-3-13(2)16-9-4-5-10-17(16)21-12-14-7-6-8-15(11-14)18(19)20/h4-11,13,19-20H,3,12H2,1-2H3.